The zero-order valence-corrected chi connectivity index (χ0v) is 6.15. The molecule has 0 spiro atoms. The molecule has 0 unspecified atom stereocenters. The van der Waals surface area contributed by atoms with Gasteiger partial charge in [-0.15, -0.1) is 0 Å². The van der Waals surface area contributed by atoms with Crippen LogP contribution in [-0.4, -0.2) is 36.2 Å². The maximum Gasteiger partial charge on any atom is 0.272 e. The van der Waals surface area contributed by atoms with Crippen LogP contribution in [0.4, 0.5) is 8.78 Å². The van der Waals surface area contributed by atoms with Crippen molar-refractivity contribution < 1.29 is 18.7 Å². The van der Waals surface area contributed by atoms with Gasteiger partial charge in [-0.1, -0.05) is 0 Å². The highest BCUT2D eigenvalue weighted by atomic mass is 19.3. The van der Waals surface area contributed by atoms with Gasteiger partial charge in [0.1, 0.15) is 13.3 Å². The third-order valence-corrected chi connectivity index (χ3v) is 1.10. The molecule has 0 aliphatic carbocycles. The highest BCUT2D eigenvalue weighted by Gasteiger charge is 2.07. The molecule has 4 nitrogen and oxygen atoms in total. The maximum atomic E-state index is 11.6. The van der Waals surface area contributed by atoms with E-state index >= 15 is 0 Å². The number of hydroxylamine groups is 2. The molecule has 0 fully saturated rings. The zero-order valence-electron chi connectivity index (χ0n) is 6.15. The summed E-state index contributed by atoms with van der Waals surface area (Å²) in [6.07, 6.45) is -0.0434. The first kappa shape index (κ1) is 8.92. The molecule has 0 saturated heterocycles. The molecule has 1 rings (SSSR count). The first-order valence-corrected chi connectivity index (χ1v) is 3.26. The zero-order chi connectivity index (χ0) is 8.97. The lowest BCUT2D eigenvalue weighted by Crippen LogP contribution is -2.18. The molecule has 0 atom stereocenters. The van der Waals surface area contributed by atoms with E-state index in [1.165, 1.54) is 12.4 Å². The SMILES string of the molecule is ON1C=C(OCC(F)F)C=NC1. The molecule has 0 aromatic rings. The van der Waals surface area contributed by atoms with Gasteiger partial charge in [0.25, 0.3) is 6.43 Å². The van der Waals surface area contributed by atoms with Gasteiger partial charge in [0.2, 0.25) is 0 Å². The highest BCUT2D eigenvalue weighted by Crippen LogP contribution is 2.04. The van der Waals surface area contributed by atoms with E-state index in [1.54, 1.807) is 0 Å². The molecule has 0 aromatic heterocycles. The van der Waals surface area contributed by atoms with E-state index in [0.29, 0.717) is 0 Å². The predicted octanol–water partition coefficient (Wildman–Crippen LogP) is 0.843. The lowest BCUT2D eigenvalue weighted by molar-refractivity contribution is -0.0451. The van der Waals surface area contributed by atoms with Gasteiger partial charge < -0.3 is 4.74 Å². The first-order valence-electron chi connectivity index (χ1n) is 3.26. The lowest BCUT2D eigenvalue weighted by atomic mass is 10.5. The standard InChI is InChI=1S/C6H8F2N2O2/c7-6(8)3-12-5-1-9-4-10(11)2-5/h1-2,6,11H,3-4H2. The number of allylic oxidation sites excluding steroid dienone is 1. The minimum atomic E-state index is -2.52. The van der Waals surface area contributed by atoms with Gasteiger partial charge in [0, 0.05) is 0 Å². The summed E-state index contributed by atoms with van der Waals surface area (Å²) in [4.78, 5) is 3.63. The second-order valence-corrected chi connectivity index (χ2v) is 2.13. The molecule has 0 saturated carbocycles. The minimum Gasteiger partial charge on any atom is -0.484 e. The fourth-order valence-corrected chi connectivity index (χ4v) is 0.669. The Morgan fingerprint density at radius 1 is 1.75 bits per heavy atom. The molecule has 0 radical (unpaired) electrons. The van der Waals surface area contributed by atoms with Gasteiger partial charge in [-0.25, -0.2) is 13.8 Å². The van der Waals surface area contributed by atoms with Gasteiger partial charge in [0.15, 0.2) is 5.76 Å². The Balaban J connectivity index is 2.36. The molecule has 1 aliphatic heterocycles. The number of nitrogens with zero attached hydrogens (tertiary/aromatic N) is 2. The van der Waals surface area contributed by atoms with Crippen molar-refractivity contribution in [3.05, 3.63) is 12.0 Å². The van der Waals surface area contributed by atoms with Crippen molar-refractivity contribution >= 4 is 6.21 Å². The van der Waals surface area contributed by atoms with Crippen molar-refractivity contribution in [3.8, 4) is 0 Å². The van der Waals surface area contributed by atoms with Gasteiger partial charge in [-0.2, -0.15) is 0 Å². The van der Waals surface area contributed by atoms with Crippen LogP contribution >= 0.6 is 0 Å². The summed E-state index contributed by atoms with van der Waals surface area (Å²) in [7, 11) is 0. The van der Waals surface area contributed by atoms with Crippen LogP contribution in [0, 0.1) is 0 Å². The fourth-order valence-electron chi connectivity index (χ4n) is 0.669. The summed E-state index contributed by atoms with van der Waals surface area (Å²) in [5.74, 6) is 0.129. The number of aliphatic imine (C=N–C) groups is 1. The third kappa shape index (κ3) is 2.83. The Labute approximate surface area is 67.7 Å². The number of halogens is 2. The molecule has 12 heavy (non-hydrogen) atoms. The normalized spacial score (nSPS) is 16.7. The van der Waals surface area contributed by atoms with E-state index < -0.39 is 13.0 Å². The number of hydrogen-bond acceptors (Lipinski definition) is 4. The van der Waals surface area contributed by atoms with Crippen LogP contribution in [0.15, 0.2) is 17.0 Å². The van der Waals surface area contributed by atoms with Crippen molar-refractivity contribution in [2.24, 2.45) is 4.99 Å². The number of ether oxygens (including phenoxy) is 1. The quantitative estimate of drug-likeness (QED) is 0.696. The molecular formula is C6H8F2N2O2. The van der Waals surface area contributed by atoms with Crippen molar-refractivity contribution in [1.82, 2.24) is 5.06 Å². The molecule has 0 aromatic carbocycles. The molecule has 1 N–H and O–H groups in total. The third-order valence-electron chi connectivity index (χ3n) is 1.10. The van der Waals surface area contributed by atoms with E-state index in [2.05, 4.69) is 9.73 Å². The van der Waals surface area contributed by atoms with Gasteiger partial charge in [-0.05, 0) is 0 Å². The summed E-state index contributed by atoms with van der Waals surface area (Å²) in [5, 5.41) is 9.57. The smallest absolute Gasteiger partial charge is 0.272 e. The van der Waals surface area contributed by atoms with Crippen molar-refractivity contribution in [3.63, 3.8) is 0 Å². The van der Waals surface area contributed by atoms with Crippen LogP contribution in [-0.2, 0) is 4.74 Å². The molecule has 0 bridgehead atoms. The summed E-state index contributed by atoms with van der Waals surface area (Å²) < 4.78 is 27.8. The Morgan fingerprint density at radius 2 is 2.50 bits per heavy atom. The minimum absolute atomic E-state index is 0.0987. The summed E-state index contributed by atoms with van der Waals surface area (Å²) in [5.41, 5.74) is 0. The van der Waals surface area contributed by atoms with Crippen molar-refractivity contribution in [1.29, 1.82) is 0 Å². The van der Waals surface area contributed by atoms with E-state index in [1.807, 2.05) is 0 Å². The van der Waals surface area contributed by atoms with Crippen molar-refractivity contribution in [2.75, 3.05) is 13.3 Å². The largest absolute Gasteiger partial charge is 0.484 e. The molecule has 68 valence electrons. The van der Waals surface area contributed by atoms with E-state index in [0.717, 1.165) is 5.06 Å². The highest BCUT2D eigenvalue weighted by molar-refractivity contribution is 5.76. The second kappa shape index (κ2) is 4.01. The van der Waals surface area contributed by atoms with E-state index in [4.69, 9.17) is 5.21 Å². The molecule has 6 heteroatoms. The van der Waals surface area contributed by atoms with E-state index in [-0.39, 0.29) is 12.4 Å². The van der Waals surface area contributed by atoms with Crippen LogP contribution in [0.2, 0.25) is 0 Å². The number of alkyl halides is 2. The van der Waals surface area contributed by atoms with Crippen LogP contribution in [0.25, 0.3) is 0 Å². The predicted molar refractivity (Wildman–Crippen MR) is 37.0 cm³/mol. The fraction of sp³-hybridized carbons (Fsp3) is 0.500. The maximum absolute atomic E-state index is 11.6. The lowest BCUT2D eigenvalue weighted by Gasteiger charge is -2.15. The molecule has 1 aliphatic rings. The van der Waals surface area contributed by atoms with Crippen LogP contribution in [0.5, 0.6) is 0 Å². The first-order chi connectivity index (χ1) is 5.68. The van der Waals surface area contributed by atoms with Crippen molar-refractivity contribution in [2.45, 2.75) is 6.43 Å². The molecular weight excluding hydrogens is 170 g/mol. The Morgan fingerprint density at radius 3 is 3.08 bits per heavy atom. The molecule has 1 heterocycles. The van der Waals surface area contributed by atoms with Crippen LogP contribution < -0.4 is 0 Å². The number of rotatable bonds is 3. The van der Waals surface area contributed by atoms with Crippen LogP contribution in [0.1, 0.15) is 0 Å². The topological polar surface area (TPSA) is 45.1 Å². The average Bonchev–Trinajstić information content (AvgIpc) is 2.01. The van der Waals surface area contributed by atoms with Gasteiger partial charge in [-0.3, -0.25) is 10.2 Å². The average molecular weight is 178 g/mol. The van der Waals surface area contributed by atoms with Gasteiger partial charge >= 0.3 is 0 Å². The summed E-state index contributed by atoms with van der Waals surface area (Å²) in [6, 6.07) is 0. The Kier molecular flexibility index (Phi) is 2.98. The summed E-state index contributed by atoms with van der Waals surface area (Å²) in [6.45, 7) is -0.590. The van der Waals surface area contributed by atoms with Gasteiger partial charge in [0.05, 0.1) is 12.4 Å². The summed E-state index contributed by atoms with van der Waals surface area (Å²) >= 11 is 0. The Hall–Kier alpha value is -1.17. The molecule has 0 amide bonds. The Bertz CT molecular complexity index is 206. The number of hydrogen-bond donors (Lipinski definition) is 1. The second-order valence-electron chi connectivity index (χ2n) is 2.13. The monoisotopic (exact) mass is 178 g/mol. The van der Waals surface area contributed by atoms with E-state index in [9.17, 15) is 8.78 Å². The van der Waals surface area contributed by atoms with Crippen LogP contribution in [0.3, 0.4) is 0 Å².